The van der Waals surface area contributed by atoms with Crippen molar-refractivity contribution in [2.75, 3.05) is 18.5 Å². The van der Waals surface area contributed by atoms with Gasteiger partial charge in [0.25, 0.3) is 0 Å². The maximum Gasteiger partial charge on any atom is 0.573 e. The number of halogens is 4. The number of carbonyl (C=O) groups is 1. The Labute approximate surface area is 157 Å². The molecule has 11 heteroatoms. The highest BCUT2D eigenvalue weighted by Crippen LogP contribution is 2.31. The van der Waals surface area contributed by atoms with E-state index in [1.165, 1.54) is 18.2 Å². The van der Waals surface area contributed by atoms with Gasteiger partial charge in [0.15, 0.2) is 5.13 Å². The Balaban J connectivity index is 0.00000243. The zero-order chi connectivity index (χ0) is 18.0. The number of benzene rings is 1. The lowest BCUT2D eigenvalue weighted by atomic mass is 9.92. The van der Waals surface area contributed by atoms with Crippen molar-refractivity contribution in [1.82, 2.24) is 4.98 Å². The Bertz CT molecular complexity index is 765. The van der Waals surface area contributed by atoms with E-state index in [1.807, 2.05) is 0 Å². The molecule has 2 heterocycles. The smallest absolute Gasteiger partial charge is 0.406 e. The number of nitrogens with one attached hydrogen (secondary N) is 1. The lowest BCUT2D eigenvalue weighted by Gasteiger charge is -2.26. The molecule has 26 heavy (non-hydrogen) atoms. The van der Waals surface area contributed by atoms with Crippen molar-refractivity contribution in [2.45, 2.75) is 25.2 Å². The number of anilines is 1. The maximum atomic E-state index is 12.3. The summed E-state index contributed by atoms with van der Waals surface area (Å²) >= 11 is 1.06. The van der Waals surface area contributed by atoms with Crippen LogP contribution in [-0.2, 0) is 9.53 Å². The molecule has 1 aromatic heterocycles. The average molecular weight is 412 g/mol. The number of thiazole rings is 1. The zero-order valence-corrected chi connectivity index (χ0v) is 15.0. The summed E-state index contributed by atoms with van der Waals surface area (Å²) in [5, 5.41) is 2.92. The molecule has 3 rings (SSSR count). The Kier molecular flexibility index (Phi) is 6.67. The standard InChI is InChI=1S/C15H16F3N3O3S.ClH/c16-15(17,18)24-9-1-2-10-11(7-9)25-14(20-10)21-13(22)12(19)8-3-5-23-6-4-8;/h1-2,7-8,12H,3-6,19H2,(H,20,21,22);1H. The van der Waals surface area contributed by atoms with E-state index in [4.69, 9.17) is 10.5 Å². The van der Waals surface area contributed by atoms with Gasteiger partial charge in [-0.25, -0.2) is 4.98 Å². The number of nitrogens with two attached hydrogens (primary N) is 1. The Morgan fingerprint density at radius 2 is 2.08 bits per heavy atom. The van der Waals surface area contributed by atoms with Crippen LogP contribution in [-0.4, -0.2) is 36.5 Å². The highest BCUT2D eigenvalue weighted by molar-refractivity contribution is 7.22. The lowest BCUT2D eigenvalue weighted by molar-refractivity contribution is -0.274. The van der Waals surface area contributed by atoms with E-state index in [1.54, 1.807) is 0 Å². The van der Waals surface area contributed by atoms with Crippen LogP contribution in [0.15, 0.2) is 18.2 Å². The van der Waals surface area contributed by atoms with Crippen LogP contribution in [0.3, 0.4) is 0 Å². The summed E-state index contributed by atoms with van der Waals surface area (Å²) in [6.45, 7) is 1.16. The van der Waals surface area contributed by atoms with Crippen LogP contribution in [0.25, 0.3) is 10.2 Å². The normalized spacial score (nSPS) is 16.8. The first kappa shape index (κ1) is 20.7. The summed E-state index contributed by atoms with van der Waals surface area (Å²) in [7, 11) is 0. The third-order valence-corrected chi connectivity index (χ3v) is 4.83. The van der Waals surface area contributed by atoms with Crippen molar-refractivity contribution in [3.05, 3.63) is 18.2 Å². The molecule has 1 saturated heterocycles. The molecule has 1 fully saturated rings. The van der Waals surface area contributed by atoms with E-state index in [0.717, 1.165) is 11.3 Å². The Hall–Kier alpha value is -1.62. The first-order valence-corrected chi connectivity index (χ1v) is 8.44. The number of amides is 1. The number of hydrogen-bond donors (Lipinski definition) is 2. The summed E-state index contributed by atoms with van der Waals surface area (Å²) in [6.07, 6.45) is -3.33. The second-order valence-electron chi connectivity index (χ2n) is 5.66. The van der Waals surface area contributed by atoms with Gasteiger partial charge in [-0.3, -0.25) is 4.79 Å². The van der Waals surface area contributed by atoms with Crippen LogP contribution in [0.5, 0.6) is 5.75 Å². The van der Waals surface area contributed by atoms with Crippen LogP contribution in [0.4, 0.5) is 18.3 Å². The summed E-state index contributed by atoms with van der Waals surface area (Å²) in [6, 6.07) is 3.13. The van der Waals surface area contributed by atoms with Crippen LogP contribution < -0.4 is 15.8 Å². The molecule has 1 aliphatic rings. The molecule has 0 bridgehead atoms. The minimum Gasteiger partial charge on any atom is -0.406 e. The van der Waals surface area contributed by atoms with Gasteiger partial charge in [-0.15, -0.1) is 25.6 Å². The van der Waals surface area contributed by atoms with Crippen LogP contribution in [0.1, 0.15) is 12.8 Å². The number of nitrogens with zero attached hydrogens (tertiary/aromatic N) is 1. The monoisotopic (exact) mass is 411 g/mol. The molecule has 0 saturated carbocycles. The van der Waals surface area contributed by atoms with Crippen LogP contribution in [0.2, 0.25) is 0 Å². The molecule has 0 spiro atoms. The molecule has 1 unspecified atom stereocenters. The molecular formula is C15H17ClF3N3O3S. The summed E-state index contributed by atoms with van der Waals surface area (Å²) in [4.78, 5) is 16.4. The number of aromatic nitrogens is 1. The largest absolute Gasteiger partial charge is 0.573 e. The molecule has 1 aliphatic heterocycles. The molecular weight excluding hydrogens is 395 g/mol. The molecule has 3 N–H and O–H groups in total. The number of rotatable bonds is 4. The average Bonchev–Trinajstić information content (AvgIpc) is 2.94. The predicted octanol–water partition coefficient (Wildman–Crippen LogP) is 3.31. The van der Waals surface area contributed by atoms with Crippen molar-refractivity contribution in [2.24, 2.45) is 11.7 Å². The SMILES string of the molecule is Cl.NC(C(=O)Nc1nc2ccc(OC(F)(F)F)cc2s1)C1CCOCC1. The number of hydrogen-bond acceptors (Lipinski definition) is 6. The second-order valence-corrected chi connectivity index (χ2v) is 6.69. The fourth-order valence-electron chi connectivity index (χ4n) is 2.63. The quantitative estimate of drug-likeness (QED) is 0.806. The summed E-state index contributed by atoms with van der Waals surface area (Å²) in [5.41, 5.74) is 6.46. The molecule has 1 atom stereocenters. The first-order valence-electron chi connectivity index (χ1n) is 7.62. The lowest BCUT2D eigenvalue weighted by Crippen LogP contribution is -2.43. The predicted molar refractivity (Wildman–Crippen MR) is 93.7 cm³/mol. The molecule has 1 aromatic carbocycles. The minimum atomic E-state index is -4.76. The topological polar surface area (TPSA) is 86.5 Å². The Morgan fingerprint density at radius 3 is 2.73 bits per heavy atom. The maximum absolute atomic E-state index is 12.3. The van der Waals surface area contributed by atoms with Gasteiger partial charge in [0.2, 0.25) is 5.91 Å². The van der Waals surface area contributed by atoms with Gasteiger partial charge in [0.1, 0.15) is 5.75 Å². The van der Waals surface area contributed by atoms with E-state index >= 15 is 0 Å². The second kappa shape index (κ2) is 8.38. The van der Waals surface area contributed by atoms with Crippen LogP contribution in [0, 0.1) is 5.92 Å². The van der Waals surface area contributed by atoms with E-state index in [0.29, 0.717) is 36.3 Å². The highest BCUT2D eigenvalue weighted by atomic mass is 35.5. The number of ether oxygens (including phenoxy) is 2. The molecule has 0 aliphatic carbocycles. The van der Waals surface area contributed by atoms with Gasteiger partial charge in [-0.1, -0.05) is 11.3 Å². The summed E-state index contributed by atoms with van der Waals surface area (Å²) < 4.78 is 46.4. The fraction of sp³-hybridized carbons (Fsp3) is 0.467. The molecule has 1 amide bonds. The van der Waals surface area contributed by atoms with Gasteiger partial charge in [0.05, 0.1) is 16.3 Å². The molecule has 6 nitrogen and oxygen atoms in total. The van der Waals surface area contributed by atoms with E-state index in [2.05, 4.69) is 15.0 Å². The fourth-order valence-corrected chi connectivity index (χ4v) is 3.53. The number of alkyl halides is 3. The third-order valence-electron chi connectivity index (χ3n) is 3.90. The van der Waals surface area contributed by atoms with Crippen molar-refractivity contribution in [1.29, 1.82) is 0 Å². The Morgan fingerprint density at radius 1 is 1.38 bits per heavy atom. The molecule has 2 aromatic rings. The van der Waals surface area contributed by atoms with Crippen molar-refractivity contribution < 1.29 is 27.4 Å². The van der Waals surface area contributed by atoms with Crippen LogP contribution >= 0.6 is 23.7 Å². The third kappa shape index (κ3) is 5.19. The van der Waals surface area contributed by atoms with Crippen molar-refractivity contribution in [3.8, 4) is 5.75 Å². The van der Waals surface area contributed by atoms with Gasteiger partial charge < -0.3 is 20.5 Å². The van der Waals surface area contributed by atoms with Gasteiger partial charge in [-0.2, -0.15) is 0 Å². The zero-order valence-electron chi connectivity index (χ0n) is 13.4. The first-order chi connectivity index (χ1) is 11.8. The van der Waals surface area contributed by atoms with Gasteiger partial charge in [0, 0.05) is 19.3 Å². The van der Waals surface area contributed by atoms with E-state index in [-0.39, 0.29) is 35.1 Å². The van der Waals surface area contributed by atoms with Crippen molar-refractivity contribution in [3.63, 3.8) is 0 Å². The number of fused-ring (bicyclic) bond motifs is 1. The highest BCUT2D eigenvalue weighted by Gasteiger charge is 2.31. The molecule has 0 radical (unpaired) electrons. The van der Waals surface area contributed by atoms with Crippen molar-refractivity contribution >= 4 is 45.0 Å². The van der Waals surface area contributed by atoms with E-state index in [9.17, 15) is 18.0 Å². The number of carbonyl (C=O) groups excluding carboxylic acids is 1. The van der Waals surface area contributed by atoms with Gasteiger partial charge >= 0.3 is 6.36 Å². The minimum absolute atomic E-state index is 0. The molecule has 144 valence electrons. The van der Waals surface area contributed by atoms with Gasteiger partial charge in [-0.05, 0) is 30.9 Å². The van der Waals surface area contributed by atoms with E-state index < -0.39 is 12.4 Å². The summed E-state index contributed by atoms with van der Waals surface area (Å²) in [5.74, 6) is -0.659.